The van der Waals surface area contributed by atoms with E-state index in [1.807, 2.05) is 13.8 Å². The smallest absolute Gasteiger partial charge is 0.348 e. The van der Waals surface area contributed by atoms with Gasteiger partial charge in [-0.3, -0.25) is 0 Å². The average Bonchev–Trinajstić information content (AvgIpc) is 1.98. The molecule has 0 rings (SSSR count). The molecule has 0 saturated carbocycles. The molecule has 0 saturated heterocycles. The van der Waals surface area contributed by atoms with Crippen molar-refractivity contribution >= 4 is 19.6 Å². The van der Waals surface area contributed by atoms with Crippen molar-refractivity contribution in [1.29, 1.82) is 0 Å². The lowest BCUT2D eigenvalue weighted by molar-refractivity contribution is 0.221. The molecule has 3 nitrogen and oxygen atoms in total. The molecular formula is C6H13ClO3P+. The Morgan fingerprint density at radius 2 is 2.18 bits per heavy atom. The lowest BCUT2D eigenvalue weighted by Gasteiger charge is -1.97. The molecule has 0 amide bonds. The highest BCUT2D eigenvalue weighted by atomic mass is 35.5. The van der Waals surface area contributed by atoms with Crippen LogP contribution in [0.15, 0.2) is 0 Å². The Balaban J connectivity index is 3.52. The fourth-order valence-electron chi connectivity index (χ4n) is 0.365. The van der Waals surface area contributed by atoms with Crippen molar-refractivity contribution in [3.8, 4) is 0 Å². The van der Waals surface area contributed by atoms with E-state index in [4.69, 9.17) is 21.2 Å². The third-order valence-electron chi connectivity index (χ3n) is 0.916. The quantitative estimate of drug-likeness (QED) is 0.544. The summed E-state index contributed by atoms with van der Waals surface area (Å²) in [7, 11) is -2.00. The van der Waals surface area contributed by atoms with Crippen molar-refractivity contribution in [3.05, 3.63) is 0 Å². The van der Waals surface area contributed by atoms with E-state index >= 15 is 0 Å². The molecule has 1 N–H and O–H groups in total. The maximum atomic E-state index is 10.9. The largest absolute Gasteiger partial charge is 0.541 e. The van der Waals surface area contributed by atoms with E-state index < -0.39 is 13.9 Å². The first kappa shape index (κ1) is 11.3. The first-order valence-corrected chi connectivity index (χ1v) is 5.19. The fraction of sp³-hybridized carbons (Fsp3) is 1.00. The van der Waals surface area contributed by atoms with Crippen molar-refractivity contribution in [2.75, 3.05) is 12.5 Å². The number of aliphatic hydroxyl groups is 1. The normalized spacial score (nSPS) is 15.2. The van der Waals surface area contributed by atoms with Gasteiger partial charge in [0.05, 0.1) is 5.88 Å². The van der Waals surface area contributed by atoms with Crippen molar-refractivity contribution < 1.29 is 14.2 Å². The highest BCUT2D eigenvalue weighted by molar-refractivity contribution is 7.39. The standard InChI is InChI=1S/C6H13ClO3P/c1-5(2)4-10-11(9)6(8)3-7/h5-6,8H,3-4H2,1-2H3/q+1. The van der Waals surface area contributed by atoms with Gasteiger partial charge in [0, 0.05) is 0 Å². The van der Waals surface area contributed by atoms with Crippen LogP contribution >= 0.6 is 19.6 Å². The molecular weight excluding hydrogens is 186 g/mol. The molecule has 0 aromatic rings. The van der Waals surface area contributed by atoms with Crippen LogP contribution in [0.25, 0.3) is 0 Å². The highest BCUT2D eigenvalue weighted by Gasteiger charge is 2.29. The van der Waals surface area contributed by atoms with Gasteiger partial charge in [0.25, 0.3) is 5.85 Å². The summed E-state index contributed by atoms with van der Waals surface area (Å²) in [5.41, 5.74) is 0. The van der Waals surface area contributed by atoms with Crippen LogP contribution in [0.1, 0.15) is 13.8 Å². The summed E-state index contributed by atoms with van der Waals surface area (Å²) < 4.78 is 15.7. The Labute approximate surface area is 72.6 Å². The van der Waals surface area contributed by atoms with E-state index in [0.717, 1.165) is 0 Å². The lowest BCUT2D eigenvalue weighted by Crippen LogP contribution is -2.06. The Morgan fingerprint density at radius 3 is 2.55 bits per heavy atom. The summed E-state index contributed by atoms with van der Waals surface area (Å²) in [5.74, 6) is -0.769. The van der Waals surface area contributed by atoms with Gasteiger partial charge in [-0.05, 0) is 10.5 Å². The van der Waals surface area contributed by atoms with Crippen LogP contribution in [0.5, 0.6) is 0 Å². The van der Waals surface area contributed by atoms with Gasteiger partial charge in [-0.15, -0.1) is 16.1 Å². The average molecular weight is 200 g/mol. The monoisotopic (exact) mass is 199 g/mol. The molecule has 0 aliphatic carbocycles. The third kappa shape index (κ3) is 5.57. The summed E-state index contributed by atoms with van der Waals surface area (Å²) in [6.45, 7) is 4.27. The van der Waals surface area contributed by atoms with E-state index in [9.17, 15) is 4.57 Å². The first-order chi connectivity index (χ1) is 5.07. The van der Waals surface area contributed by atoms with Gasteiger partial charge in [0.15, 0.2) is 0 Å². The summed E-state index contributed by atoms with van der Waals surface area (Å²) in [5, 5.41) is 8.90. The molecule has 0 heterocycles. The zero-order chi connectivity index (χ0) is 8.85. The second-order valence-electron chi connectivity index (χ2n) is 2.61. The Bertz CT molecular complexity index is 129. The molecule has 0 aromatic heterocycles. The number of aliphatic hydroxyl groups excluding tert-OH is 1. The molecule has 0 fully saturated rings. The topological polar surface area (TPSA) is 46.5 Å². The Hall–Kier alpha value is 0.310. The number of rotatable bonds is 5. The second kappa shape index (κ2) is 5.90. The minimum Gasteiger partial charge on any atom is -0.348 e. The molecule has 0 radical (unpaired) electrons. The molecule has 66 valence electrons. The molecule has 0 aliphatic rings. The number of halogens is 1. The van der Waals surface area contributed by atoms with Crippen LogP contribution < -0.4 is 0 Å². The Morgan fingerprint density at radius 1 is 1.64 bits per heavy atom. The predicted octanol–water partition coefficient (Wildman–Crippen LogP) is 1.96. The summed E-state index contributed by atoms with van der Waals surface area (Å²) >= 11 is 5.25. The van der Waals surface area contributed by atoms with Crippen molar-refractivity contribution in [2.24, 2.45) is 5.92 Å². The Kier molecular flexibility index (Phi) is 6.06. The fourth-order valence-corrected chi connectivity index (χ4v) is 1.43. The molecule has 2 unspecified atom stereocenters. The minimum atomic E-state index is -2.00. The van der Waals surface area contributed by atoms with Crippen LogP contribution in [0.4, 0.5) is 0 Å². The van der Waals surface area contributed by atoms with Gasteiger partial charge in [-0.1, -0.05) is 13.8 Å². The molecule has 0 aromatic carbocycles. The van der Waals surface area contributed by atoms with Gasteiger partial charge in [0.2, 0.25) is 0 Å². The van der Waals surface area contributed by atoms with Crippen LogP contribution in [-0.2, 0) is 9.09 Å². The van der Waals surface area contributed by atoms with Crippen LogP contribution in [0, 0.1) is 5.92 Å². The molecule has 2 atom stereocenters. The van der Waals surface area contributed by atoms with E-state index in [-0.39, 0.29) is 5.88 Å². The molecule has 0 bridgehead atoms. The second-order valence-corrected chi connectivity index (χ2v) is 4.34. The maximum absolute atomic E-state index is 10.9. The SMILES string of the molecule is CC(C)CO[P+](=O)C(O)CCl. The van der Waals surface area contributed by atoms with Gasteiger partial charge < -0.3 is 5.11 Å². The molecule has 0 spiro atoms. The van der Waals surface area contributed by atoms with Gasteiger partial charge in [0.1, 0.15) is 6.61 Å². The van der Waals surface area contributed by atoms with Crippen LogP contribution in [0.3, 0.4) is 0 Å². The van der Waals surface area contributed by atoms with Gasteiger partial charge >= 0.3 is 8.03 Å². The van der Waals surface area contributed by atoms with E-state index in [2.05, 4.69) is 0 Å². The maximum Gasteiger partial charge on any atom is 0.541 e. The zero-order valence-corrected chi connectivity index (χ0v) is 8.31. The molecule has 5 heteroatoms. The highest BCUT2D eigenvalue weighted by Crippen LogP contribution is 2.28. The van der Waals surface area contributed by atoms with Crippen molar-refractivity contribution in [1.82, 2.24) is 0 Å². The molecule has 11 heavy (non-hydrogen) atoms. The van der Waals surface area contributed by atoms with Gasteiger partial charge in [-0.2, -0.15) is 0 Å². The van der Waals surface area contributed by atoms with E-state index in [0.29, 0.717) is 12.5 Å². The summed E-state index contributed by atoms with van der Waals surface area (Å²) in [6, 6.07) is 0. The van der Waals surface area contributed by atoms with Crippen LogP contribution in [0.2, 0.25) is 0 Å². The third-order valence-corrected chi connectivity index (χ3v) is 2.50. The summed E-state index contributed by atoms with van der Waals surface area (Å²) in [4.78, 5) is 0. The van der Waals surface area contributed by atoms with E-state index in [1.54, 1.807) is 0 Å². The van der Waals surface area contributed by atoms with Crippen LogP contribution in [-0.4, -0.2) is 23.4 Å². The predicted molar refractivity (Wildman–Crippen MR) is 45.1 cm³/mol. The van der Waals surface area contributed by atoms with Gasteiger partial charge in [-0.25, -0.2) is 0 Å². The molecule has 0 aliphatic heterocycles. The van der Waals surface area contributed by atoms with Crippen molar-refractivity contribution in [3.63, 3.8) is 0 Å². The number of alkyl halides is 1. The zero-order valence-electron chi connectivity index (χ0n) is 6.66. The van der Waals surface area contributed by atoms with E-state index in [1.165, 1.54) is 0 Å². The minimum absolute atomic E-state index is 0.0483. The lowest BCUT2D eigenvalue weighted by atomic mass is 10.2. The summed E-state index contributed by atoms with van der Waals surface area (Å²) in [6.07, 6.45) is 0. The first-order valence-electron chi connectivity index (χ1n) is 3.41. The van der Waals surface area contributed by atoms with Crippen molar-refractivity contribution in [2.45, 2.75) is 19.7 Å². The number of hydrogen-bond donors (Lipinski definition) is 1. The number of hydrogen-bond acceptors (Lipinski definition) is 3.